The van der Waals surface area contributed by atoms with Gasteiger partial charge in [-0.1, -0.05) is 20.8 Å². The highest BCUT2D eigenvalue weighted by Gasteiger charge is 2.66. The average Bonchev–Trinajstić information content (AvgIpc) is 2.07. The fourth-order valence-electron chi connectivity index (χ4n) is 6.95. The van der Waals surface area contributed by atoms with Gasteiger partial charge in [0.15, 0.2) is 0 Å². The zero-order valence-corrected chi connectivity index (χ0v) is 13.2. The van der Waals surface area contributed by atoms with Crippen LogP contribution in [-0.4, -0.2) is 11.9 Å². The van der Waals surface area contributed by atoms with Gasteiger partial charge in [-0.25, -0.2) is 0 Å². The van der Waals surface area contributed by atoms with E-state index in [-0.39, 0.29) is 11.5 Å². The van der Waals surface area contributed by atoms with Crippen LogP contribution in [0.4, 0.5) is 0 Å². The Hall–Kier alpha value is -0.530. The van der Waals surface area contributed by atoms with Crippen LogP contribution in [0.2, 0.25) is 0 Å². The van der Waals surface area contributed by atoms with Crippen LogP contribution in [-0.2, 0) is 4.79 Å². The molecule has 4 rings (SSSR count). The third-order valence-electron chi connectivity index (χ3n) is 5.76. The molecule has 0 aromatic heterocycles. The van der Waals surface area contributed by atoms with Crippen LogP contribution in [0.3, 0.4) is 0 Å². The van der Waals surface area contributed by atoms with E-state index in [4.69, 9.17) is 0 Å². The summed E-state index contributed by atoms with van der Waals surface area (Å²) in [7, 11) is 0. The van der Waals surface area contributed by atoms with Crippen molar-refractivity contribution in [1.82, 2.24) is 5.32 Å². The molecule has 108 valence electrons. The molecule has 2 nitrogen and oxygen atoms in total. The van der Waals surface area contributed by atoms with E-state index < -0.39 is 0 Å². The minimum atomic E-state index is -0.0722. The van der Waals surface area contributed by atoms with Gasteiger partial charge in [0.1, 0.15) is 0 Å². The maximum absolute atomic E-state index is 12.8. The SMILES string of the molecule is CC(C)NC(=O)C12CC3(C)CC(C)(CC(C)(C3)C1)C2. The summed E-state index contributed by atoms with van der Waals surface area (Å²) in [6.45, 7) is 11.4. The first-order chi connectivity index (χ1) is 8.58. The van der Waals surface area contributed by atoms with Crippen LogP contribution >= 0.6 is 0 Å². The molecular weight excluding hydrogens is 234 g/mol. The van der Waals surface area contributed by atoms with Crippen molar-refractivity contribution >= 4 is 5.91 Å². The zero-order valence-electron chi connectivity index (χ0n) is 13.2. The van der Waals surface area contributed by atoms with Gasteiger partial charge in [0.25, 0.3) is 0 Å². The molecule has 19 heavy (non-hydrogen) atoms. The van der Waals surface area contributed by atoms with Crippen molar-refractivity contribution < 1.29 is 4.79 Å². The van der Waals surface area contributed by atoms with Gasteiger partial charge in [-0.3, -0.25) is 4.79 Å². The van der Waals surface area contributed by atoms with Crippen molar-refractivity contribution in [2.24, 2.45) is 21.7 Å². The predicted octanol–water partition coefficient (Wildman–Crippen LogP) is 3.90. The molecule has 1 amide bonds. The number of amides is 1. The summed E-state index contributed by atoms with van der Waals surface area (Å²) in [6.07, 6.45) is 7.32. The molecule has 0 heterocycles. The Morgan fingerprint density at radius 3 is 1.53 bits per heavy atom. The van der Waals surface area contributed by atoms with Crippen molar-refractivity contribution in [2.75, 3.05) is 0 Å². The molecule has 4 fully saturated rings. The molecule has 0 aromatic carbocycles. The zero-order chi connectivity index (χ0) is 14.1. The Morgan fingerprint density at radius 1 is 0.842 bits per heavy atom. The van der Waals surface area contributed by atoms with E-state index in [1.54, 1.807) is 0 Å². The highest BCUT2D eigenvalue weighted by Crippen LogP contribution is 2.73. The summed E-state index contributed by atoms with van der Waals surface area (Å²) >= 11 is 0. The monoisotopic (exact) mass is 263 g/mol. The van der Waals surface area contributed by atoms with Gasteiger partial charge < -0.3 is 5.32 Å². The summed E-state index contributed by atoms with van der Waals surface area (Å²) < 4.78 is 0. The molecule has 0 unspecified atom stereocenters. The van der Waals surface area contributed by atoms with Crippen LogP contribution < -0.4 is 5.32 Å². The molecule has 4 aliphatic rings. The lowest BCUT2D eigenvalue weighted by atomic mass is 9.36. The highest BCUT2D eigenvalue weighted by molar-refractivity contribution is 5.83. The maximum atomic E-state index is 12.8. The lowest BCUT2D eigenvalue weighted by molar-refractivity contribution is -0.192. The maximum Gasteiger partial charge on any atom is 0.226 e. The van der Waals surface area contributed by atoms with E-state index in [0.717, 1.165) is 19.3 Å². The molecule has 2 heteroatoms. The van der Waals surface area contributed by atoms with Crippen molar-refractivity contribution in [3.8, 4) is 0 Å². The summed E-state index contributed by atoms with van der Waals surface area (Å²) in [4.78, 5) is 12.8. The second-order valence-electron chi connectivity index (χ2n) is 9.40. The molecule has 0 aliphatic heterocycles. The van der Waals surface area contributed by atoms with Crippen LogP contribution in [0, 0.1) is 21.7 Å². The highest BCUT2D eigenvalue weighted by atomic mass is 16.2. The van der Waals surface area contributed by atoms with Crippen molar-refractivity contribution in [1.29, 1.82) is 0 Å². The second kappa shape index (κ2) is 3.56. The van der Waals surface area contributed by atoms with E-state index in [9.17, 15) is 4.79 Å². The Kier molecular flexibility index (Phi) is 2.52. The largest absolute Gasteiger partial charge is 0.353 e. The molecule has 0 spiro atoms. The van der Waals surface area contributed by atoms with Gasteiger partial charge in [-0.15, -0.1) is 0 Å². The van der Waals surface area contributed by atoms with Gasteiger partial charge in [0, 0.05) is 6.04 Å². The first-order valence-electron chi connectivity index (χ1n) is 7.89. The Morgan fingerprint density at radius 2 is 1.21 bits per heavy atom. The van der Waals surface area contributed by atoms with Gasteiger partial charge in [0.05, 0.1) is 5.41 Å². The van der Waals surface area contributed by atoms with Gasteiger partial charge in [0.2, 0.25) is 5.91 Å². The summed E-state index contributed by atoms with van der Waals surface area (Å²) in [5.41, 5.74) is 1.11. The van der Waals surface area contributed by atoms with Crippen molar-refractivity contribution in [3.05, 3.63) is 0 Å². The molecular formula is C17H29NO. The molecule has 4 aliphatic carbocycles. The lowest BCUT2D eigenvalue weighted by Gasteiger charge is -2.68. The fraction of sp³-hybridized carbons (Fsp3) is 0.941. The third kappa shape index (κ3) is 2.02. The number of hydrogen-bond donors (Lipinski definition) is 1. The van der Waals surface area contributed by atoms with E-state index >= 15 is 0 Å². The Bertz CT molecular complexity index is 371. The van der Waals surface area contributed by atoms with Crippen molar-refractivity contribution in [3.63, 3.8) is 0 Å². The molecule has 4 saturated carbocycles. The summed E-state index contributed by atoms with van der Waals surface area (Å²) in [5.74, 6) is 0.338. The number of carbonyl (C=O) groups excluding carboxylic acids is 1. The van der Waals surface area contributed by atoms with Crippen molar-refractivity contribution in [2.45, 2.75) is 79.2 Å². The Balaban J connectivity index is 1.97. The van der Waals surface area contributed by atoms with E-state index in [0.29, 0.717) is 22.2 Å². The fourth-order valence-corrected chi connectivity index (χ4v) is 6.95. The molecule has 0 saturated heterocycles. The van der Waals surface area contributed by atoms with Crippen LogP contribution in [0.1, 0.15) is 73.1 Å². The predicted molar refractivity (Wildman–Crippen MR) is 77.7 cm³/mol. The average molecular weight is 263 g/mol. The van der Waals surface area contributed by atoms with Gasteiger partial charge in [-0.2, -0.15) is 0 Å². The van der Waals surface area contributed by atoms with E-state index in [1.807, 2.05) is 0 Å². The van der Waals surface area contributed by atoms with E-state index in [1.165, 1.54) is 19.3 Å². The second-order valence-corrected chi connectivity index (χ2v) is 9.40. The molecule has 0 aromatic rings. The minimum Gasteiger partial charge on any atom is -0.353 e. The topological polar surface area (TPSA) is 29.1 Å². The van der Waals surface area contributed by atoms with Crippen LogP contribution in [0.25, 0.3) is 0 Å². The lowest BCUT2D eigenvalue weighted by Crippen LogP contribution is -2.63. The van der Waals surface area contributed by atoms with Crippen LogP contribution in [0.5, 0.6) is 0 Å². The minimum absolute atomic E-state index is 0.0722. The number of carbonyl (C=O) groups is 1. The molecule has 0 atom stereocenters. The number of rotatable bonds is 2. The smallest absolute Gasteiger partial charge is 0.226 e. The molecule has 0 radical (unpaired) electrons. The van der Waals surface area contributed by atoms with Gasteiger partial charge in [-0.05, 0) is 68.6 Å². The van der Waals surface area contributed by atoms with E-state index in [2.05, 4.69) is 39.9 Å². The first-order valence-corrected chi connectivity index (χ1v) is 7.89. The third-order valence-corrected chi connectivity index (χ3v) is 5.76. The molecule has 1 N–H and O–H groups in total. The molecule has 4 bridgehead atoms. The standard InChI is InChI=1S/C17H29NO/c1-12(2)18-13(19)17-9-14(3)6-15(4,10-17)8-16(5,7-14)11-17/h12H,6-11H2,1-5H3,(H,18,19). The summed E-state index contributed by atoms with van der Waals surface area (Å²) in [5, 5.41) is 3.21. The van der Waals surface area contributed by atoms with Gasteiger partial charge >= 0.3 is 0 Å². The number of hydrogen-bond acceptors (Lipinski definition) is 1. The number of nitrogens with one attached hydrogen (secondary N) is 1. The Labute approximate surface area is 117 Å². The normalized spacial score (nSPS) is 51.7. The first kappa shape index (κ1) is 13.5. The quantitative estimate of drug-likeness (QED) is 0.804. The van der Waals surface area contributed by atoms with Crippen LogP contribution in [0.15, 0.2) is 0 Å². The summed E-state index contributed by atoms with van der Waals surface area (Å²) in [6, 6.07) is 0.258.